The van der Waals surface area contributed by atoms with Crippen molar-refractivity contribution >= 4 is 27.8 Å². The van der Waals surface area contributed by atoms with Crippen LogP contribution < -0.4 is 0 Å². The monoisotopic (exact) mass is 341 g/mol. The van der Waals surface area contributed by atoms with E-state index in [1.54, 1.807) is 6.07 Å². The summed E-state index contributed by atoms with van der Waals surface area (Å²) in [7, 11) is 0. The van der Waals surface area contributed by atoms with Crippen LogP contribution in [0.1, 0.15) is 42.7 Å². The van der Waals surface area contributed by atoms with Crippen LogP contribution in [0.25, 0.3) is 0 Å². The Hall–Kier alpha value is -1.30. The fraction of sp³-hybridized carbons (Fsp3) is 0.571. The molecule has 1 amide bonds. The van der Waals surface area contributed by atoms with Gasteiger partial charge in [0.25, 0.3) is 5.91 Å². The molecule has 2 fully saturated rings. The smallest absolute Gasteiger partial charge is 0.326 e. The number of furan rings is 1. The van der Waals surface area contributed by atoms with Crippen LogP contribution in [-0.4, -0.2) is 34.0 Å². The molecular weight excluding hydrogens is 326 g/mol. The Morgan fingerprint density at radius 3 is 2.75 bits per heavy atom. The third-order valence-electron chi connectivity index (χ3n) is 4.42. The zero-order chi connectivity index (χ0) is 14.3. The van der Waals surface area contributed by atoms with Crippen molar-refractivity contribution in [3.05, 3.63) is 22.6 Å². The van der Waals surface area contributed by atoms with E-state index in [2.05, 4.69) is 15.9 Å². The van der Waals surface area contributed by atoms with Crippen LogP contribution in [0.4, 0.5) is 0 Å². The maximum atomic E-state index is 12.6. The number of carboxylic acids is 1. The van der Waals surface area contributed by atoms with Gasteiger partial charge in [-0.3, -0.25) is 4.79 Å². The van der Waals surface area contributed by atoms with E-state index < -0.39 is 12.0 Å². The Morgan fingerprint density at radius 1 is 1.35 bits per heavy atom. The molecule has 20 heavy (non-hydrogen) atoms. The molecule has 1 saturated heterocycles. The molecule has 2 heterocycles. The van der Waals surface area contributed by atoms with Crippen molar-refractivity contribution in [1.29, 1.82) is 0 Å². The second-order valence-corrected chi connectivity index (χ2v) is 6.37. The summed E-state index contributed by atoms with van der Waals surface area (Å²) in [5, 5.41) is 9.41. The highest BCUT2D eigenvalue weighted by atomic mass is 79.9. The van der Waals surface area contributed by atoms with Crippen molar-refractivity contribution in [3.63, 3.8) is 0 Å². The molecule has 1 aliphatic carbocycles. The molecule has 0 spiro atoms. The van der Waals surface area contributed by atoms with Crippen molar-refractivity contribution in [2.24, 2.45) is 5.92 Å². The second-order valence-electron chi connectivity index (χ2n) is 5.51. The standard InChI is InChI=1S/C14H16BrNO4/c15-9-5-6-20-12(9)13(17)16-10-4-2-1-3-8(10)7-11(16)14(18)19/h5-6,8,10-11H,1-4,7H2,(H,18,19). The number of rotatable bonds is 2. The molecule has 3 unspecified atom stereocenters. The predicted octanol–water partition coefficient (Wildman–Crippen LogP) is 2.90. The fourth-order valence-electron chi connectivity index (χ4n) is 3.54. The largest absolute Gasteiger partial charge is 0.480 e. The van der Waals surface area contributed by atoms with Crippen LogP contribution in [0.5, 0.6) is 0 Å². The fourth-order valence-corrected chi connectivity index (χ4v) is 3.91. The van der Waals surface area contributed by atoms with Gasteiger partial charge in [0.05, 0.1) is 10.7 Å². The van der Waals surface area contributed by atoms with Crippen molar-refractivity contribution < 1.29 is 19.1 Å². The van der Waals surface area contributed by atoms with Gasteiger partial charge in [0.2, 0.25) is 5.76 Å². The molecule has 0 aromatic carbocycles. The van der Waals surface area contributed by atoms with Gasteiger partial charge in [0, 0.05) is 6.04 Å². The molecule has 3 atom stereocenters. The van der Waals surface area contributed by atoms with Crippen LogP contribution in [-0.2, 0) is 4.79 Å². The molecule has 1 aromatic heterocycles. The van der Waals surface area contributed by atoms with Crippen LogP contribution in [0.2, 0.25) is 0 Å². The highest BCUT2D eigenvalue weighted by Crippen LogP contribution is 2.41. The minimum Gasteiger partial charge on any atom is -0.480 e. The molecule has 0 radical (unpaired) electrons. The first-order valence-corrected chi connectivity index (χ1v) is 7.67. The van der Waals surface area contributed by atoms with Gasteiger partial charge < -0.3 is 14.4 Å². The number of amides is 1. The van der Waals surface area contributed by atoms with Crippen LogP contribution in [0.15, 0.2) is 21.2 Å². The van der Waals surface area contributed by atoms with Gasteiger partial charge >= 0.3 is 5.97 Å². The molecule has 1 N–H and O–H groups in total. The van der Waals surface area contributed by atoms with E-state index in [4.69, 9.17) is 4.42 Å². The molecule has 0 bridgehead atoms. The van der Waals surface area contributed by atoms with E-state index >= 15 is 0 Å². The molecular formula is C14H16BrNO4. The third-order valence-corrected chi connectivity index (χ3v) is 5.04. The third kappa shape index (κ3) is 2.16. The lowest BCUT2D eigenvalue weighted by atomic mass is 9.84. The summed E-state index contributed by atoms with van der Waals surface area (Å²) in [5.74, 6) is -0.732. The number of likely N-dealkylation sites (tertiary alicyclic amines) is 1. The first kappa shape index (κ1) is 13.7. The molecule has 2 aliphatic rings. The maximum Gasteiger partial charge on any atom is 0.326 e. The summed E-state index contributed by atoms with van der Waals surface area (Å²) in [4.78, 5) is 25.7. The summed E-state index contributed by atoms with van der Waals surface area (Å²) in [6, 6.07) is 0.958. The molecule has 1 aromatic rings. The average Bonchev–Trinajstić information content (AvgIpc) is 3.01. The van der Waals surface area contributed by atoms with Gasteiger partial charge in [-0.15, -0.1) is 0 Å². The Labute approximate surface area is 125 Å². The number of halogens is 1. The van der Waals surface area contributed by atoms with Crippen molar-refractivity contribution in [2.75, 3.05) is 0 Å². The van der Waals surface area contributed by atoms with Gasteiger partial charge in [-0.25, -0.2) is 4.79 Å². The topological polar surface area (TPSA) is 70.8 Å². The summed E-state index contributed by atoms with van der Waals surface area (Å²) in [6.45, 7) is 0. The van der Waals surface area contributed by atoms with E-state index in [-0.39, 0.29) is 17.7 Å². The Balaban J connectivity index is 1.93. The van der Waals surface area contributed by atoms with Crippen LogP contribution in [0.3, 0.4) is 0 Å². The van der Waals surface area contributed by atoms with E-state index in [0.717, 1.165) is 25.7 Å². The molecule has 1 aliphatic heterocycles. The molecule has 6 heteroatoms. The number of hydrogen-bond acceptors (Lipinski definition) is 3. The molecule has 3 rings (SSSR count). The second kappa shape index (κ2) is 5.24. The van der Waals surface area contributed by atoms with E-state index in [1.165, 1.54) is 11.2 Å². The van der Waals surface area contributed by atoms with Crippen molar-refractivity contribution in [3.8, 4) is 0 Å². The zero-order valence-electron chi connectivity index (χ0n) is 10.9. The van der Waals surface area contributed by atoms with Crippen molar-refractivity contribution in [1.82, 2.24) is 4.90 Å². The lowest BCUT2D eigenvalue weighted by Gasteiger charge is -2.32. The predicted molar refractivity (Wildman–Crippen MR) is 74.4 cm³/mol. The van der Waals surface area contributed by atoms with Gasteiger partial charge in [-0.1, -0.05) is 12.8 Å². The van der Waals surface area contributed by atoms with Crippen LogP contribution in [0, 0.1) is 5.92 Å². The minimum absolute atomic E-state index is 0.0364. The number of aliphatic carboxylic acids is 1. The quantitative estimate of drug-likeness (QED) is 0.897. The van der Waals surface area contributed by atoms with Gasteiger partial charge in [0.1, 0.15) is 6.04 Å². The number of carboxylic acid groups (broad SMARTS) is 1. The minimum atomic E-state index is -0.921. The number of fused-ring (bicyclic) bond motifs is 1. The average molecular weight is 342 g/mol. The Bertz CT molecular complexity index is 541. The lowest BCUT2D eigenvalue weighted by Crippen LogP contribution is -2.46. The highest BCUT2D eigenvalue weighted by molar-refractivity contribution is 9.10. The SMILES string of the molecule is O=C(O)C1CC2CCCCC2N1C(=O)c1occc1Br. The number of nitrogens with zero attached hydrogens (tertiary/aromatic N) is 1. The molecule has 1 saturated carbocycles. The number of carbonyl (C=O) groups excluding carboxylic acids is 1. The first-order chi connectivity index (χ1) is 9.59. The van der Waals surface area contributed by atoms with Crippen LogP contribution >= 0.6 is 15.9 Å². The first-order valence-electron chi connectivity index (χ1n) is 6.88. The summed E-state index contributed by atoms with van der Waals surface area (Å²) in [6.07, 6.45) is 6.07. The van der Waals surface area contributed by atoms with E-state index in [0.29, 0.717) is 16.8 Å². The van der Waals surface area contributed by atoms with E-state index in [1.807, 2.05) is 0 Å². The highest BCUT2D eigenvalue weighted by Gasteiger charge is 2.48. The molecule has 5 nitrogen and oxygen atoms in total. The number of carbonyl (C=O) groups is 2. The normalized spacial score (nSPS) is 29.2. The van der Waals surface area contributed by atoms with Gasteiger partial charge in [0.15, 0.2) is 0 Å². The summed E-state index contributed by atoms with van der Waals surface area (Å²) < 4.78 is 5.79. The number of hydrogen-bond donors (Lipinski definition) is 1. The van der Waals surface area contributed by atoms with E-state index in [9.17, 15) is 14.7 Å². The zero-order valence-corrected chi connectivity index (χ0v) is 12.5. The molecule has 108 valence electrons. The van der Waals surface area contributed by atoms with Gasteiger partial charge in [-0.2, -0.15) is 0 Å². The summed E-state index contributed by atoms with van der Waals surface area (Å²) >= 11 is 3.27. The summed E-state index contributed by atoms with van der Waals surface area (Å²) in [5.41, 5.74) is 0. The maximum absolute atomic E-state index is 12.6. The van der Waals surface area contributed by atoms with Gasteiger partial charge in [-0.05, 0) is 47.2 Å². The lowest BCUT2D eigenvalue weighted by molar-refractivity contribution is -0.141. The van der Waals surface area contributed by atoms with Crippen molar-refractivity contribution in [2.45, 2.75) is 44.2 Å². The Morgan fingerprint density at radius 2 is 2.10 bits per heavy atom. The Kier molecular flexibility index (Phi) is 3.58.